The van der Waals surface area contributed by atoms with Crippen molar-refractivity contribution in [2.45, 2.75) is 95.9 Å². The minimum atomic E-state index is -0.618. The molecule has 1 fully saturated rings. The molecule has 1 aliphatic heterocycles. The molecule has 0 aromatic carbocycles. The molecule has 1 aliphatic carbocycles. The van der Waals surface area contributed by atoms with E-state index in [2.05, 4.69) is 52.4 Å². The summed E-state index contributed by atoms with van der Waals surface area (Å²) in [5, 5.41) is 22.9. The van der Waals surface area contributed by atoms with Crippen molar-refractivity contribution in [3.05, 3.63) is 81.4 Å². The van der Waals surface area contributed by atoms with Gasteiger partial charge in [0.05, 0.1) is 34.9 Å². The Morgan fingerprint density at radius 3 is 2.85 bits per heavy atom. The molecular formula is C39H46N10O4S. The zero-order chi connectivity index (χ0) is 38.1. The van der Waals surface area contributed by atoms with Crippen LogP contribution in [0.5, 0.6) is 5.88 Å². The van der Waals surface area contributed by atoms with Crippen LogP contribution in [0.1, 0.15) is 103 Å². The van der Waals surface area contributed by atoms with Gasteiger partial charge in [0.2, 0.25) is 5.88 Å². The molecule has 7 rings (SSSR count). The normalized spacial score (nSPS) is 21.0. The van der Waals surface area contributed by atoms with Gasteiger partial charge in [0.15, 0.2) is 28.8 Å². The third kappa shape index (κ3) is 6.85. The summed E-state index contributed by atoms with van der Waals surface area (Å²) in [7, 11) is 3.79. The highest BCUT2D eigenvalue weighted by Crippen LogP contribution is 2.50. The monoisotopic (exact) mass is 750 g/mol. The van der Waals surface area contributed by atoms with Crippen molar-refractivity contribution in [1.82, 2.24) is 40.1 Å². The van der Waals surface area contributed by atoms with Gasteiger partial charge < -0.3 is 25.0 Å². The quantitative estimate of drug-likeness (QED) is 0.157. The fourth-order valence-corrected chi connectivity index (χ4v) is 9.27. The molecule has 5 atom stereocenters. The summed E-state index contributed by atoms with van der Waals surface area (Å²) in [6.07, 6.45) is 8.00. The van der Waals surface area contributed by atoms with E-state index in [0.717, 1.165) is 60.3 Å². The van der Waals surface area contributed by atoms with E-state index in [1.54, 1.807) is 31.6 Å². The van der Waals surface area contributed by atoms with Crippen LogP contribution >= 0.6 is 11.3 Å². The number of anilines is 1. The fourth-order valence-electron chi connectivity index (χ4n) is 8.08. The van der Waals surface area contributed by atoms with E-state index in [1.807, 2.05) is 32.0 Å². The molecule has 1 saturated heterocycles. The van der Waals surface area contributed by atoms with Gasteiger partial charge in [-0.15, -0.1) is 11.3 Å². The number of likely N-dealkylation sites (tertiary alicyclic amines) is 1. The number of pyridine rings is 1. The average Bonchev–Trinajstić information content (AvgIpc) is 3.97. The van der Waals surface area contributed by atoms with Gasteiger partial charge in [0.25, 0.3) is 5.91 Å². The van der Waals surface area contributed by atoms with Crippen molar-refractivity contribution in [1.29, 1.82) is 5.26 Å². The molecule has 0 unspecified atom stereocenters. The predicted octanol–water partition coefficient (Wildman–Crippen LogP) is 5.80. The lowest BCUT2D eigenvalue weighted by atomic mass is 9.69. The third-order valence-electron chi connectivity index (χ3n) is 10.7. The molecule has 0 spiro atoms. The van der Waals surface area contributed by atoms with E-state index in [0.29, 0.717) is 46.0 Å². The van der Waals surface area contributed by atoms with Crippen LogP contribution in [-0.2, 0) is 23.0 Å². The van der Waals surface area contributed by atoms with Gasteiger partial charge in [-0.05, 0) is 83.7 Å². The van der Waals surface area contributed by atoms with E-state index < -0.39 is 5.41 Å². The highest BCUT2D eigenvalue weighted by atomic mass is 32.1. The lowest BCUT2D eigenvalue weighted by Gasteiger charge is -2.33. The van der Waals surface area contributed by atoms with Gasteiger partial charge in [-0.1, -0.05) is 24.6 Å². The number of carbonyl (C=O) groups excluding carboxylic acids is 1. The maximum Gasteiger partial charge on any atom is 0.272 e. The van der Waals surface area contributed by atoms with Gasteiger partial charge in [0, 0.05) is 42.6 Å². The molecule has 0 radical (unpaired) electrons. The van der Waals surface area contributed by atoms with E-state index in [9.17, 15) is 10.1 Å². The Bertz CT molecular complexity index is 2170. The molecule has 282 valence electrons. The Balaban J connectivity index is 1.29. The molecule has 5 aromatic heterocycles. The van der Waals surface area contributed by atoms with Crippen molar-refractivity contribution < 1.29 is 18.8 Å². The smallest absolute Gasteiger partial charge is 0.272 e. The number of nitrogen functional groups attached to an aromatic ring is 1. The van der Waals surface area contributed by atoms with Crippen LogP contribution in [0.4, 0.5) is 5.00 Å². The summed E-state index contributed by atoms with van der Waals surface area (Å²) in [4.78, 5) is 30.9. The Hall–Kier alpha value is -5.17. The van der Waals surface area contributed by atoms with E-state index in [-0.39, 0.29) is 35.9 Å². The number of amides is 1. The minimum absolute atomic E-state index is 0.0000840. The number of hydrogen-bond acceptors (Lipinski definition) is 13. The van der Waals surface area contributed by atoms with Crippen molar-refractivity contribution in [3.63, 3.8) is 0 Å². The summed E-state index contributed by atoms with van der Waals surface area (Å²) < 4.78 is 20.2. The second kappa shape index (κ2) is 15.3. The Morgan fingerprint density at radius 1 is 1.28 bits per heavy atom. The number of rotatable bonds is 12. The van der Waals surface area contributed by atoms with Gasteiger partial charge in [-0.3, -0.25) is 14.7 Å². The van der Waals surface area contributed by atoms with Gasteiger partial charge >= 0.3 is 0 Å². The lowest BCUT2D eigenvalue weighted by Crippen LogP contribution is -2.44. The summed E-state index contributed by atoms with van der Waals surface area (Å²) in [6, 6.07) is 11.0. The molecule has 2 aliphatic rings. The zero-order valence-electron chi connectivity index (χ0n) is 31.5. The third-order valence-corrected chi connectivity index (χ3v) is 11.8. The molecule has 14 nitrogen and oxygen atoms in total. The molecular weight excluding hydrogens is 705 g/mol. The number of ether oxygens (including phenoxy) is 2. The molecule has 15 heteroatoms. The second-order valence-electron chi connectivity index (χ2n) is 14.4. The predicted molar refractivity (Wildman–Crippen MR) is 204 cm³/mol. The molecule has 6 heterocycles. The van der Waals surface area contributed by atoms with Crippen LogP contribution in [0.2, 0.25) is 0 Å². The summed E-state index contributed by atoms with van der Waals surface area (Å²) >= 11 is 1.48. The van der Waals surface area contributed by atoms with Crippen molar-refractivity contribution >= 4 is 22.2 Å². The van der Waals surface area contributed by atoms with E-state index in [4.69, 9.17) is 29.7 Å². The van der Waals surface area contributed by atoms with Crippen molar-refractivity contribution in [2.75, 3.05) is 26.4 Å². The SMILES string of the molecule is CCCc1c(-c2nc(O[C@@H](C)[C@@H]3[C@@H](OC)CCN3C)cc(-n3ccc(C(=O)N[C@@H](C)c4ccccn4)n3)n2)noc1[C@@]1(C)CCCc2sc(N)c(C#N)c21. The van der Waals surface area contributed by atoms with E-state index >= 15 is 0 Å². The van der Waals surface area contributed by atoms with E-state index in [1.165, 1.54) is 16.0 Å². The Kier molecular flexibility index (Phi) is 10.5. The van der Waals surface area contributed by atoms with Crippen LogP contribution in [0.3, 0.4) is 0 Å². The second-order valence-corrected chi connectivity index (χ2v) is 15.5. The Labute approximate surface area is 318 Å². The van der Waals surface area contributed by atoms with Gasteiger partial charge in [-0.2, -0.15) is 15.3 Å². The number of methoxy groups -OCH3 is 1. The summed E-state index contributed by atoms with van der Waals surface area (Å²) in [5.74, 6) is 1.34. The van der Waals surface area contributed by atoms with Crippen LogP contribution in [0.15, 0.2) is 47.2 Å². The molecule has 3 N–H and O–H groups in total. The first kappa shape index (κ1) is 37.2. The summed E-state index contributed by atoms with van der Waals surface area (Å²) in [5.41, 5.74) is 9.50. The maximum absolute atomic E-state index is 13.3. The average molecular weight is 751 g/mol. The highest BCUT2D eigenvalue weighted by Gasteiger charge is 2.44. The molecule has 0 saturated carbocycles. The lowest BCUT2D eigenvalue weighted by molar-refractivity contribution is 0.0174. The van der Waals surface area contributed by atoms with Crippen LogP contribution in [0.25, 0.3) is 17.3 Å². The highest BCUT2D eigenvalue weighted by molar-refractivity contribution is 7.16. The number of nitrogens with two attached hydrogens (primary N) is 1. The number of aromatic nitrogens is 6. The molecule has 1 amide bonds. The fraction of sp³-hybridized carbons (Fsp3) is 0.462. The molecule has 54 heavy (non-hydrogen) atoms. The number of nitriles is 1. The number of aryl methyl sites for hydroxylation is 1. The zero-order valence-corrected chi connectivity index (χ0v) is 32.3. The van der Waals surface area contributed by atoms with Crippen molar-refractivity contribution in [3.8, 4) is 29.3 Å². The first-order valence-electron chi connectivity index (χ1n) is 18.4. The van der Waals surface area contributed by atoms with Gasteiger partial charge in [-0.25, -0.2) is 9.67 Å². The maximum atomic E-state index is 13.3. The van der Waals surface area contributed by atoms with Crippen LogP contribution in [0, 0.1) is 11.3 Å². The van der Waals surface area contributed by atoms with Crippen LogP contribution < -0.4 is 15.8 Å². The first-order chi connectivity index (χ1) is 26.1. The first-order valence-corrected chi connectivity index (χ1v) is 19.3. The minimum Gasteiger partial charge on any atom is -0.473 e. The van der Waals surface area contributed by atoms with Crippen molar-refractivity contribution in [2.24, 2.45) is 0 Å². The standard InChI is InChI=1S/C39H46N10O4S/c1-7-11-24-33(47-53-35(24)39(4)16-10-13-29-32(39)25(21-40)36(41)54-29)37-44-30(20-31(45-37)52-23(3)34-28(51-6)15-18-48(34)5)49-19-14-27(46-49)38(50)43-22(2)26-12-8-9-17-42-26/h8-9,12,14,17,19-20,22-23,28,34H,7,10-11,13,15-16,18,41H2,1-6H3,(H,43,50)/t22-,23-,28-,34+,39-/m0/s1. The number of fused-ring (bicyclic) bond motifs is 1. The Morgan fingerprint density at radius 2 is 2.11 bits per heavy atom. The number of thiophene rings is 1. The number of carbonyl (C=O) groups is 1. The molecule has 5 aromatic rings. The van der Waals surface area contributed by atoms with Gasteiger partial charge in [0.1, 0.15) is 17.2 Å². The number of likely N-dealkylation sites (N-methyl/N-ethyl adjacent to an activating group) is 1. The topological polar surface area (TPSA) is 183 Å². The number of nitrogens with one attached hydrogen (secondary N) is 1. The van der Waals surface area contributed by atoms with Crippen LogP contribution in [-0.4, -0.2) is 79.6 Å². The number of hydrogen-bond donors (Lipinski definition) is 2. The molecule has 0 bridgehead atoms. The number of nitrogens with zero attached hydrogens (tertiary/aromatic N) is 8. The largest absolute Gasteiger partial charge is 0.473 e. The summed E-state index contributed by atoms with van der Waals surface area (Å²) in [6.45, 7) is 8.99.